The fraction of sp³-hybridized carbons (Fsp3) is 0.231. The standard InChI is InChI=1S/C26H23F2NO4/c1-26(18-29,33-24(30)17-20-10-12-22(13-11-20)32-25(27)28)15-14-19-6-5-9-23(16-19)31-21-7-3-2-4-8-21/h2-13,16,25H,14-15,17H2,1H3. The lowest BCUT2D eigenvalue weighted by atomic mass is 9.97. The van der Waals surface area contributed by atoms with Crippen LogP contribution in [0.5, 0.6) is 17.2 Å². The maximum absolute atomic E-state index is 12.4. The average molecular weight is 451 g/mol. The van der Waals surface area contributed by atoms with E-state index in [4.69, 9.17) is 9.47 Å². The molecule has 3 aromatic rings. The number of hydrogen-bond acceptors (Lipinski definition) is 5. The van der Waals surface area contributed by atoms with Crippen LogP contribution < -0.4 is 9.47 Å². The van der Waals surface area contributed by atoms with Gasteiger partial charge in [-0.25, -0.2) is 0 Å². The minimum absolute atomic E-state index is 0.00227. The smallest absolute Gasteiger partial charge is 0.387 e. The van der Waals surface area contributed by atoms with Gasteiger partial charge >= 0.3 is 12.6 Å². The maximum atomic E-state index is 12.4. The van der Waals surface area contributed by atoms with Gasteiger partial charge in [0.2, 0.25) is 0 Å². The quantitative estimate of drug-likeness (QED) is 0.349. The number of aryl methyl sites for hydroxylation is 1. The summed E-state index contributed by atoms with van der Waals surface area (Å²) in [7, 11) is 0. The third-order valence-electron chi connectivity index (χ3n) is 4.84. The van der Waals surface area contributed by atoms with E-state index in [-0.39, 0.29) is 12.2 Å². The van der Waals surface area contributed by atoms with Gasteiger partial charge in [0.1, 0.15) is 23.3 Å². The fourth-order valence-electron chi connectivity index (χ4n) is 3.14. The summed E-state index contributed by atoms with van der Waals surface area (Å²) in [6.07, 6.45) is 0.709. The van der Waals surface area contributed by atoms with E-state index >= 15 is 0 Å². The highest BCUT2D eigenvalue weighted by molar-refractivity contribution is 5.73. The number of carbonyl (C=O) groups excluding carboxylic acids is 1. The molecule has 0 saturated heterocycles. The number of rotatable bonds is 10. The molecule has 0 amide bonds. The number of nitrogens with zero attached hydrogens (tertiary/aromatic N) is 1. The Labute approximate surface area is 191 Å². The van der Waals surface area contributed by atoms with Crippen LogP contribution in [0.1, 0.15) is 24.5 Å². The lowest BCUT2D eigenvalue weighted by Crippen LogP contribution is -2.31. The topological polar surface area (TPSA) is 68.5 Å². The van der Waals surface area contributed by atoms with Crippen LogP contribution in [0.3, 0.4) is 0 Å². The van der Waals surface area contributed by atoms with Gasteiger partial charge in [0.15, 0.2) is 5.60 Å². The first-order valence-electron chi connectivity index (χ1n) is 10.3. The Morgan fingerprint density at radius 2 is 1.64 bits per heavy atom. The van der Waals surface area contributed by atoms with Crippen molar-refractivity contribution in [1.29, 1.82) is 5.26 Å². The van der Waals surface area contributed by atoms with Gasteiger partial charge in [-0.3, -0.25) is 4.79 Å². The molecule has 3 aromatic carbocycles. The predicted molar refractivity (Wildman–Crippen MR) is 118 cm³/mol. The van der Waals surface area contributed by atoms with Crippen molar-refractivity contribution in [2.24, 2.45) is 0 Å². The number of alkyl halides is 2. The van der Waals surface area contributed by atoms with Crippen molar-refractivity contribution in [1.82, 2.24) is 0 Å². The Kier molecular flexibility index (Phi) is 7.98. The Bertz CT molecular complexity index is 1100. The minimum atomic E-state index is -2.91. The summed E-state index contributed by atoms with van der Waals surface area (Å²) in [6.45, 7) is -1.35. The third kappa shape index (κ3) is 7.62. The van der Waals surface area contributed by atoms with Crippen molar-refractivity contribution in [3.63, 3.8) is 0 Å². The van der Waals surface area contributed by atoms with Gasteiger partial charge in [-0.1, -0.05) is 42.5 Å². The maximum Gasteiger partial charge on any atom is 0.387 e. The van der Waals surface area contributed by atoms with Crippen LogP contribution in [0.2, 0.25) is 0 Å². The summed E-state index contributed by atoms with van der Waals surface area (Å²) >= 11 is 0. The van der Waals surface area contributed by atoms with Gasteiger partial charge in [0.25, 0.3) is 0 Å². The molecule has 170 valence electrons. The Hall–Kier alpha value is -3.92. The monoisotopic (exact) mass is 451 g/mol. The van der Waals surface area contributed by atoms with Crippen LogP contribution in [-0.4, -0.2) is 18.2 Å². The number of ether oxygens (including phenoxy) is 3. The third-order valence-corrected chi connectivity index (χ3v) is 4.84. The molecule has 0 aliphatic heterocycles. The van der Waals surface area contributed by atoms with Crippen molar-refractivity contribution < 1.29 is 27.8 Å². The highest BCUT2D eigenvalue weighted by atomic mass is 19.3. The lowest BCUT2D eigenvalue weighted by molar-refractivity contribution is -0.152. The van der Waals surface area contributed by atoms with E-state index in [1.54, 1.807) is 6.92 Å². The highest BCUT2D eigenvalue weighted by Gasteiger charge is 2.28. The van der Waals surface area contributed by atoms with Crippen LogP contribution >= 0.6 is 0 Å². The Balaban J connectivity index is 1.55. The summed E-state index contributed by atoms with van der Waals surface area (Å²) in [5.41, 5.74) is 0.190. The van der Waals surface area contributed by atoms with E-state index in [1.807, 2.05) is 54.6 Å². The molecule has 0 fully saturated rings. The average Bonchev–Trinajstić information content (AvgIpc) is 2.80. The normalized spacial score (nSPS) is 12.5. The zero-order valence-corrected chi connectivity index (χ0v) is 18.0. The predicted octanol–water partition coefficient (Wildman–Crippen LogP) is 6.08. The molecular formula is C26H23F2NO4. The first-order chi connectivity index (χ1) is 15.8. The van der Waals surface area contributed by atoms with Crippen LogP contribution in [-0.2, 0) is 22.4 Å². The van der Waals surface area contributed by atoms with E-state index in [0.717, 1.165) is 11.3 Å². The van der Waals surface area contributed by atoms with Crippen molar-refractivity contribution in [3.05, 3.63) is 90.0 Å². The number of esters is 1. The molecule has 7 heteroatoms. The second kappa shape index (κ2) is 11.1. The van der Waals surface area contributed by atoms with Gasteiger partial charge in [-0.05, 0) is 60.9 Å². The SMILES string of the molecule is CC(C#N)(CCc1cccc(Oc2ccccc2)c1)OC(=O)Cc1ccc(OC(F)F)cc1. The fourth-order valence-corrected chi connectivity index (χ4v) is 3.14. The van der Waals surface area contributed by atoms with E-state index in [2.05, 4.69) is 10.8 Å². The van der Waals surface area contributed by atoms with E-state index < -0.39 is 18.2 Å². The molecule has 0 radical (unpaired) electrons. The number of halogens is 2. The molecule has 0 N–H and O–H groups in total. The second-order valence-electron chi connectivity index (χ2n) is 7.58. The molecule has 1 unspecified atom stereocenters. The molecule has 0 aliphatic carbocycles. The molecule has 0 heterocycles. The van der Waals surface area contributed by atoms with Crippen molar-refractivity contribution >= 4 is 5.97 Å². The van der Waals surface area contributed by atoms with Crippen LogP contribution in [0.15, 0.2) is 78.9 Å². The number of para-hydroxylation sites is 1. The zero-order valence-electron chi connectivity index (χ0n) is 18.0. The van der Waals surface area contributed by atoms with Crippen LogP contribution in [0, 0.1) is 11.3 Å². The Morgan fingerprint density at radius 3 is 2.30 bits per heavy atom. The molecule has 0 aliphatic rings. The molecule has 1 atom stereocenters. The molecule has 0 spiro atoms. The molecular weight excluding hydrogens is 428 g/mol. The van der Waals surface area contributed by atoms with Gasteiger partial charge in [0, 0.05) is 6.42 Å². The second-order valence-corrected chi connectivity index (χ2v) is 7.58. The summed E-state index contributed by atoms with van der Waals surface area (Å²) in [5.74, 6) is 0.818. The van der Waals surface area contributed by atoms with Crippen molar-refractivity contribution in [2.75, 3.05) is 0 Å². The van der Waals surface area contributed by atoms with E-state index in [9.17, 15) is 18.8 Å². The summed E-state index contributed by atoms with van der Waals surface area (Å²) in [4.78, 5) is 12.4. The van der Waals surface area contributed by atoms with Crippen molar-refractivity contribution in [2.45, 2.75) is 38.4 Å². The first kappa shape index (κ1) is 23.7. The molecule has 5 nitrogen and oxygen atoms in total. The minimum Gasteiger partial charge on any atom is -0.457 e. The van der Waals surface area contributed by atoms with E-state index in [0.29, 0.717) is 24.2 Å². The van der Waals surface area contributed by atoms with Gasteiger partial charge < -0.3 is 14.2 Å². The van der Waals surface area contributed by atoms with Gasteiger partial charge in [-0.15, -0.1) is 0 Å². The van der Waals surface area contributed by atoms with Gasteiger partial charge in [0.05, 0.1) is 6.42 Å². The largest absolute Gasteiger partial charge is 0.457 e. The molecule has 0 saturated carbocycles. The highest BCUT2D eigenvalue weighted by Crippen LogP contribution is 2.25. The lowest BCUT2D eigenvalue weighted by Gasteiger charge is -2.22. The number of benzene rings is 3. The molecule has 0 bridgehead atoms. The molecule has 33 heavy (non-hydrogen) atoms. The van der Waals surface area contributed by atoms with Crippen LogP contribution in [0.25, 0.3) is 0 Å². The molecule has 0 aromatic heterocycles. The van der Waals surface area contributed by atoms with Gasteiger partial charge in [-0.2, -0.15) is 14.0 Å². The summed E-state index contributed by atoms with van der Waals surface area (Å²) in [6, 6.07) is 24.7. The number of nitriles is 1. The molecule has 3 rings (SSSR count). The zero-order chi connectivity index (χ0) is 23.7. The number of hydrogen-bond donors (Lipinski definition) is 0. The van der Waals surface area contributed by atoms with Crippen molar-refractivity contribution in [3.8, 4) is 23.3 Å². The number of carbonyl (C=O) groups is 1. The summed E-state index contributed by atoms with van der Waals surface area (Å²) < 4.78 is 40.0. The first-order valence-corrected chi connectivity index (χ1v) is 10.3. The Morgan fingerprint density at radius 1 is 0.939 bits per heavy atom. The van der Waals surface area contributed by atoms with Crippen LogP contribution in [0.4, 0.5) is 8.78 Å². The van der Waals surface area contributed by atoms with E-state index in [1.165, 1.54) is 24.3 Å². The summed E-state index contributed by atoms with van der Waals surface area (Å²) in [5, 5.41) is 9.61.